The Labute approximate surface area is 209 Å². The standard InChI is InChI=1S/C23H30N8O4S/c1-24-23(32)25-17-5-3-15(4-6-17)19-18-20(16-7-9-31(10-8-16)36(2,33)34)28-29-21(18)27-22(26-19)30-11-13-35-14-12-30/h3-6,16H,7-14H2,1-2H3,(H2,24,25,32)(H,26,27,28,29). The molecule has 0 bridgehead atoms. The molecule has 2 fully saturated rings. The predicted octanol–water partition coefficient (Wildman–Crippen LogP) is 1.75. The van der Waals surface area contributed by atoms with E-state index >= 15 is 0 Å². The Morgan fingerprint density at radius 2 is 1.78 bits per heavy atom. The minimum atomic E-state index is -3.21. The van der Waals surface area contributed by atoms with E-state index < -0.39 is 10.0 Å². The number of hydrogen-bond acceptors (Lipinski definition) is 8. The SMILES string of the molecule is CNC(=O)Nc1ccc(-c2nc(N3CCOCC3)nc3[nH]nc(C4CCN(S(C)(=O)=O)CC4)c23)cc1. The molecule has 1 aromatic carbocycles. The summed E-state index contributed by atoms with van der Waals surface area (Å²) < 4.78 is 31.0. The number of fused-ring (bicyclic) bond motifs is 1. The molecule has 0 unspecified atom stereocenters. The van der Waals surface area contributed by atoms with Crippen molar-refractivity contribution in [2.75, 3.05) is 62.9 Å². The average molecular weight is 515 g/mol. The summed E-state index contributed by atoms with van der Waals surface area (Å²) in [7, 11) is -1.65. The van der Waals surface area contributed by atoms with Gasteiger partial charge in [-0.15, -0.1) is 0 Å². The fourth-order valence-electron chi connectivity index (χ4n) is 4.72. The number of nitrogens with one attached hydrogen (secondary N) is 3. The van der Waals surface area contributed by atoms with Crippen molar-refractivity contribution in [3.8, 4) is 11.3 Å². The number of hydrogen-bond donors (Lipinski definition) is 3. The van der Waals surface area contributed by atoms with Crippen molar-refractivity contribution < 1.29 is 17.9 Å². The molecule has 4 heterocycles. The molecule has 0 radical (unpaired) electrons. The second kappa shape index (κ2) is 9.99. The number of anilines is 2. The number of carbonyl (C=O) groups is 1. The topological polar surface area (TPSA) is 145 Å². The van der Waals surface area contributed by atoms with Gasteiger partial charge in [-0.05, 0) is 25.0 Å². The second-order valence-electron chi connectivity index (χ2n) is 9.02. The number of amides is 2. The maximum absolute atomic E-state index is 12.0. The van der Waals surface area contributed by atoms with E-state index in [4.69, 9.17) is 14.7 Å². The van der Waals surface area contributed by atoms with Crippen molar-refractivity contribution in [3.63, 3.8) is 0 Å². The average Bonchev–Trinajstić information content (AvgIpc) is 3.33. The number of benzene rings is 1. The molecule has 2 saturated heterocycles. The molecule has 2 aliphatic heterocycles. The van der Waals surface area contributed by atoms with Gasteiger partial charge >= 0.3 is 6.03 Å². The van der Waals surface area contributed by atoms with E-state index in [1.807, 2.05) is 24.3 Å². The van der Waals surface area contributed by atoms with Crippen molar-refractivity contribution >= 4 is 38.7 Å². The monoisotopic (exact) mass is 514 g/mol. The van der Waals surface area contributed by atoms with Gasteiger partial charge in [0.15, 0.2) is 5.65 Å². The number of carbonyl (C=O) groups excluding carboxylic acids is 1. The number of nitrogens with zero attached hydrogens (tertiary/aromatic N) is 5. The van der Waals surface area contributed by atoms with Gasteiger partial charge in [-0.25, -0.2) is 22.5 Å². The third kappa shape index (κ3) is 4.99. The van der Waals surface area contributed by atoms with E-state index in [0.29, 0.717) is 69.5 Å². The Hall–Kier alpha value is -3.29. The molecule has 192 valence electrons. The van der Waals surface area contributed by atoms with E-state index in [0.717, 1.165) is 22.3 Å². The molecule has 2 amide bonds. The lowest BCUT2D eigenvalue weighted by Gasteiger charge is -2.29. The van der Waals surface area contributed by atoms with Crippen LogP contribution in [-0.4, -0.2) is 91.6 Å². The lowest BCUT2D eigenvalue weighted by molar-refractivity contribution is 0.122. The molecule has 0 spiro atoms. The van der Waals surface area contributed by atoms with Gasteiger partial charge in [0.05, 0.1) is 36.2 Å². The van der Waals surface area contributed by atoms with Crippen LogP contribution in [0, 0.1) is 0 Å². The lowest BCUT2D eigenvalue weighted by atomic mass is 9.91. The molecule has 2 aliphatic rings. The third-order valence-electron chi connectivity index (χ3n) is 6.68. The zero-order valence-electron chi connectivity index (χ0n) is 20.3. The molecular formula is C23H30N8O4S. The largest absolute Gasteiger partial charge is 0.378 e. The first-order valence-corrected chi connectivity index (χ1v) is 13.8. The Morgan fingerprint density at radius 3 is 2.42 bits per heavy atom. The van der Waals surface area contributed by atoms with Gasteiger partial charge in [-0.2, -0.15) is 10.1 Å². The number of piperidine rings is 1. The highest BCUT2D eigenvalue weighted by Gasteiger charge is 2.30. The van der Waals surface area contributed by atoms with Gasteiger partial charge in [0, 0.05) is 50.4 Å². The van der Waals surface area contributed by atoms with E-state index in [-0.39, 0.29) is 11.9 Å². The zero-order valence-corrected chi connectivity index (χ0v) is 21.1. The van der Waals surface area contributed by atoms with Gasteiger partial charge in [-0.1, -0.05) is 12.1 Å². The Bertz CT molecular complexity index is 1340. The number of H-pyrrole nitrogens is 1. The Balaban J connectivity index is 1.54. The summed E-state index contributed by atoms with van der Waals surface area (Å²) in [6.07, 6.45) is 2.60. The Morgan fingerprint density at radius 1 is 1.08 bits per heavy atom. The smallest absolute Gasteiger partial charge is 0.318 e. The predicted molar refractivity (Wildman–Crippen MR) is 137 cm³/mol. The van der Waals surface area contributed by atoms with Crippen LogP contribution in [0.25, 0.3) is 22.3 Å². The van der Waals surface area contributed by atoms with Gasteiger partial charge in [-0.3, -0.25) is 5.10 Å². The summed E-state index contributed by atoms with van der Waals surface area (Å²) in [4.78, 5) is 23.6. The van der Waals surface area contributed by atoms with Gasteiger partial charge < -0.3 is 20.3 Å². The number of aromatic nitrogens is 4. The number of morpholine rings is 1. The van der Waals surface area contributed by atoms with Crippen molar-refractivity contribution in [3.05, 3.63) is 30.0 Å². The first-order chi connectivity index (χ1) is 17.3. The molecule has 3 aromatic rings. The van der Waals surface area contributed by atoms with E-state index in [2.05, 4.69) is 25.7 Å². The van der Waals surface area contributed by atoms with Crippen molar-refractivity contribution in [2.45, 2.75) is 18.8 Å². The van der Waals surface area contributed by atoms with Crippen LogP contribution in [-0.2, 0) is 14.8 Å². The van der Waals surface area contributed by atoms with Crippen LogP contribution in [0.3, 0.4) is 0 Å². The summed E-state index contributed by atoms with van der Waals surface area (Å²) >= 11 is 0. The van der Waals surface area contributed by atoms with Crippen LogP contribution in [0.5, 0.6) is 0 Å². The van der Waals surface area contributed by atoms with Crippen LogP contribution >= 0.6 is 0 Å². The number of urea groups is 1. The minimum absolute atomic E-state index is 0.0857. The van der Waals surface area contributed by atoms with E-state index in [9.17, 15) is 13.2 Å². The van der Waals surface area contributed by atoms with Crippen LogP contribution in [0.2, 0.25) is 0 Å². The summed E-state index contributed by atoms with van der Waals surface area (Å²) in [5, 5.41) is 13.9. The number of rotatable bonds is 5. The molecule has 12 nitrogen and oxygen atoms in total. The first-order valence-electron chi connectivity index (χ1n) is 12.0. The normalized spacial score (nSPS) is 17.9. The first kappa shape index (κ1) is 24.4. The highest BCUT2D eigenvalue weighted by Crippen LogP contribution is 2.37. The molecule has 13 heteroatoms. The summed E-state index contributed by atoms with van der Waals surface area (Å²) in [5.41, 5.74) is 3.79. The second-order valence-corrected chi connectivity index (χ2v) is 11.0. The molecular weight excluding hydrogens is 484 g/mol. The number of sulfonamides is 1. The van der Waals surface area contributed by atoms with Crippen LogP contribution in [0.1, 0.15) is 24.5 Å². The maximum Gasteiger partial charge on any atom is 0.318 e. The lowest BCUT2D eigenvalue weighted by Crippen LogP contribution is -2.37. The van der Waals surface area contributed by atoms with E-state index in [1.54, 1.807) is 7.05 Å². The quantitative estimate of drug-likeness (QED) is 0.467. The number of ether oxygens (including phenoxy) is 1. The number of aromatic amines is 1. The minimum Gasteiger partial charge on any atom is -0.378 e. The van der Waals surface area contributed by atoms with Crippen LogP contribution in [0.4, 0.5) is 16.4 Å². The molecule has 3 N–H and O–H groups in total. The molecule has 5 rings (SSSR count). The fourth-order valence-corrected chi connectivity index (χ4v) is 5.59. The molecule has 2 aromatic heterocycles. The molecule has 0 saturated carbocycles. The summed E-state index contributed by atoms with van der Waals surface area (Å²) in [5.74, 6) is 0.693. The van der Waals surface area contributed by atoms with Crippen LogP contribution in [0.15, 0.2) is 24.3 Å². The van der Waals surface area contributed by atoms with Crippen molar-refractivity contribution in [2.24, 2.45) is 0 Å². The van der Waals surface area contributed by atoms with Crippen molar-refractivity contribution in [1.82, 2.24) is 29.8 Å². The zero-order chi connectivity index (χ0) is 25.3. The Kier molecular flexibility index (Phi) is 6.77. The highest BCUT2D eigenvalue weighted by molar-refractivity contribution is 7.88. The van der Waals surface area contributed by atoms with E-state index in [1.165, 1.54) is 10.6 Å². The summed E-state index contributed by atoms with van der Waals surface area (Å²) in [6.45, 7) is 3.54. The van der Waals surface area contributed by atoms with Crippen LogP contribution < -0.4 is 15.5 Å². The summed E-state index contributed by atoms with van der Waals surface area (Å²) in [6, 6.07) is 7.20. The molecule has 36 heavy (non-hydrogen) atoms. The molecule has 0 aliphatic carbocycles. The van der Waals surface area contributed by atoms with Gasteiger partial charge in [0.25, 0.3) is 0 Å². The highest BCUT2D eigenvalue weighted by atomic mass is 32.2. The van der Waals surface area contributed by atoms with Gasteiger partial charge in [0.1, 0.15) is 0 Å². The third-order valence-corrected chi connectivity index (χ3v) is 7.99. The molecule has 0 atom stereocenters. The fraction of sp³-hybridized carbons (Fsp3) is 0.478. The van der Waals surface area contributed by atoms with Crippen molar-refractivity contribution in [1.29, 1.82) is 0 Å². The maximum atomic E-state index is 12.0. The van der Waals surface area contributed by atoms with Gasteiger partial charge in [0.2, 0.25) is 16.0 Å².